The Bertz CT molecular complexity index is 389. The maximum Gasteiger partial charge on any atom is 0.323 e. The van der Waals surface area contributed by atoms with E-state index in [0.29, 0.717) is 25.0 Å². The molecule has 0 spiro atoms. The molecule has 1 aliphatic rings. The van der Waals surface area contributed by atoms with Crippen LogP contribution >= 0.6 is 0 Å². The molecule has 0 radical (unpaired) electrons. The number of amides is 2. The fraction of sp³-hybridized carbons (Fsp3) is 0.692. The minimum Gasteiger partial charge on any atom is -0.480 e. The van der Waals surface area contributed by atoms with Crippen LogP contribution in [0, 0.1) is 18.3 Å². The number of urea groups is 1. The van der Waals surface area contributed by atoms with Crippen LogP contribution in [0.3, 0.4) is 0 Å². The molecule has 1 aliphatic heterocycles. The molecule has 0 saturated carbocycles. The van der Waals surface area contributed by atoms with Gasteiger partial charge >= 0.3 is 12.0 Å². The molecule has 0 aromatic carbocycles. The van der Waals surface area contributed by atoms with Gasteiger partial charge in [0.15, 0.2) is 0 Å². The largest absolute Gasteiger partial charge is 0.480 e. The van der Waals surface area contributed by atoms with Crippen LogP contribution in [0.1, 0.15) is 6.92 Å². The second-order valence-electron chi connectivity index (χ2n) is 5.15. The van der Waals surface area contributed by atoms with E-state index >= 15 is 0 Å². The lowest BCUT2D eigenvalue weighted by Gasteiger charge is -2.26. The minimum absolute atomic E-state index is 0.0165. The van der Waals surface area contributed by atoms with Crippen LogP contribution in [-0.4, -0.2) is 78.1 Å². The lowest BCUT2D eigenvalue weighted by Crippen LogP contribution is -2.45. The second kappa shape index (κ2) is 6.43. The molecule has 1 N–H and O–H groups in total. The Morgan fingerprint density at radius 2 is 2.05 bits per heavy atom. The van der Waals surface area contributed by atoms with Gasteiger partial charge in [0, 0.05) is 19.1 Å². The van der Waals surface area contributed by atoms with Crippen molar-refractivity contribution in [3.8, 4) is 12.3 Å². The monoisotopic (exact) mass is 267 g/mol. The summed E-state index contributed by atoms with van der Waals surface area (Å²) in [5.74, 6) is 1.63. The smallest absolute Gasteiger partial charge is 0.323 e. The van der Waals surface area contributed by atoms with Gasteiger partial charge in [-0.1, -0.05) is 12.8 Å². The van der Waals surface area contributed by atoms with Crippen molar-refractivity contribution < 1.29 is 14.7 Å². The fourth-order valence-corrected chi connectivity index (χ4v) is 2.44. The molecule has 0 aromatic rings. The van der Waals surface area contributed by atoms with Crippen molar-refractivity contribution in [2.24, 2.45) is 5.92 Å². The summed E-state index contributed by atoms with van der Waals surface area (Å²) in [6, 6.07) is -0.00184. The van der Waals surface area contributed by atoms with Crippen LogP contribution in [0.4, 0.5) is 4.79 Å². The van der Waals surface area contributed by atoms with Gasteiger partial charge in [-0.3, -0.25) is 4.79 Å². The number of carboxylic acid groups (broad SMARTS) is 1. The fourth-order valence-electron chi connectivity index (χ4n) is 2.44. The van der Waals surface area contributed by atoms with Crippen LogP contribution in [0.25, 0.3) is 0 Å². The zero-order valence-corrected chi connectivity index (χ0v) is 11.7. The van der Waals surface area contributed by atoms with Gasteiger partial charge < -0.3 is 19.8 Å². The zero-order valence-electron chi connectivity index (χ0n) is 11.7. The Hall–Kier alpha value is -1.74. The van der Waals surface area contributed by atoms with Gasteiger partial charge in [0.05, 0.1) is 6.54 Å². The zero-order chi connectivity index (χ0) is 14.6. The Balaban J connectivity index is 2.71. The highest BCUT2D eigenvalue weighted by Gasteiger charge is 2.35. The van der Waals surface area contributed by atoms with E-state index in [1.165, 1.54) is 4.90 Å². The van der Waals surface area contributed by atoms with Crippen LogP contribution in [0.5, 0.6) is 0 Å². The molecular weight excluding hydrogens is 246 g/mol. The third-order valence-electron chi connectivity index (χ3n) is 3.39. The molecule has 2 amide bonds. The molecule has 106 valence electrons. The average molecular weight is 267 g/mol. The number of carbonyl (C=O) groups excluding carboxylic acids is 1. The summed E-state index contributed by atoms with van der Waals surface area (Å²) in [5.41, 5.74) is 0. The van der Waals surface area contributed by atoms with E-state index in [0.717, 1.165) is 0 Å². The summed E-state index contributed by atoms with van der Waals surface area (Å²) in [7, 11) is 3.96. The highest BCUT2D eigenvalue weighted by molar-refractivity contribution is 5.80. The van der Waals surface area contributed by atoms with Gasteiger partial charge in [0.1, 0.15) is 6.54 Å². The molecule has 6 heteroatoms. The minimum atomic E-state index is -1.06. The molecule has 1 rings (SSSR count). The molecule has 2 atom stereocenters. The van der Waals surface area contributed by atoms with Crippen molar-refractivity contribution in [1.82, 2.24) is 14.7 Å². The number of carbonyl (C=O) groups is 2. The van der Waals surface area contributed by atoms with E-state index in [1.54, 1.807) is 4.90 Å². The molecular formula is C13H21N3O3. The summed E-state index contributed by atoms with van der Waals surface area (Å²) in [4.78, 5) is 28.0. The highest BCUT2D eigenvalue weighted by Crippen LogP contribution is 2.21. The van der Waals surface area contributed by atoms with Crippen molar-refractivity contribution >= 4 is 12.0 Å². The number of likely N-dealkylation sites (N-methyl/N-ethyl adjacent to an activating group) is 1. The molecule has 0 aliphatic carbocycles. The van der Waals surface area contributed by atoms with Crippen LogP contribution in [0.15, 0.2) is 0 Å². The Kier molecular flexibility index (Phi) is 5.19. The first-order valence-corrected chi connectivity index (χ1v) is 6.22. The van der Waals surface area contributed by atoms with E-state index < -0.39 is 5.97 Å². The predicted molar refractivity (Wildman–Crippen MR) is 71.6 cm³/mol. The highest BCUT2D eigenvalue weighted by atomic mass is 16.4. The third kappa shape index (κ3) is 3.86. The maximum atomic E-state index is 12.3. The quantitative estimate of drug-likeness (QED) is 0.729. The van der Waals surface area contributed by atoms with Gasteiger partial charge in [-0.25, -0.2) is 4.79 Å². The summed E-state index contributed by atoms with van der Waals surface area (Å²) >= 11 is 0. The number of likely N-dealkylation sites (tertiary alicyclic amines) is 1. The van der Waals surface area contributed by atoms with E-state index in [2.05, 4.69) is 17.7 Å². The van der Waals surface area contributed by atoms with Gasteiger partial charge in [-0.2, -0.15) is 0 Å². The van der Waals surface area contributed by atoms with Crippen molar-refractivity contribution in [1.29, 1.82) is 0 Å². The van der Waals surface area contributed by atoms with Crippen molar-refractivity contribution in [2.75, 3.05) is 40.3 Å². The first-order valence-electron chi connectivity index (χ1n) is 6.22. The predicted octanol–water partition coefficient (Wildman–Crippen LogP) is 0.00810. The number of hydrogen-bond donors (Lipinski definition) is 1. The van der Waals surface area contributed by atoms with Crippen LogP contribution in [0.2, 0.25) is 0 Å². The number of carboxylic acids is 1. The summed E-state index contributed by atoms with van der Waals surface area (Å²) in [6.45, 7) is 2.97. The summed E-state index contributed by atoms with van der Waals surface area (Å²) < 4.78 is 0. The lowest BCUT2D eigenvalue weighted by atomic mass is 10.1. The molecule has 1 saturated heterocycles. The van der Waals surface area contributed by atoms with Crippen LogP contribution < -0.4 is 0 Å². The number of rotatable bonds is 4. The number of terminal acetylenes is 1. The standard InChI is InChI=1S/C13H21N3O3/c1-5-6-15(9-12(17)18)13(19)16-7-10(2)11(8-16)14(3)4/h1,10-11H,6-9H2,2-4H3,(H,17,18). The number of nitrogens with zero attached hydrogens (tertiary/aromatic N) is 3. The Labute approximate surface area is 114 Å². The number of aliphatic carboxylic acids is 1. The van der Waals surface area contributed by atoms with Crippen LogP contribution in [-0.2, 0) is 4.79 Å². The topological polar surface area (TPSA) is 64.1 Å². The third-order valence-corrected chi connectivity index (χ3v) is 3.39. The SMILES string of the molecule is C#CCN(CC(=O)O)C(=O)N1CC(C)C(N(C)C)C1. The van der Waals surface area contributed by atoms with Gasteiger partial charge in [-0.05, 0) is 20.0 Å². The first-order chi connectivity index (χ1) is 8.86. The first kappa shape index (κ1) is 15.3. The Morgan fingerprint density at radius 3 is 2.47 bits per heavy atom. The second-order valence-corrected chi connectivity index (χ2v) is 5.15. The van der Waals surface area contributed by atoms with Crippen molar-refractivity contribution in [2.45, 2.75) is 13.0 Å². The maximum absolute atomic E-state index is 12.3. The summed E-state index contributed by atoms with van der Waals surface area (Å²) in [5, 5.41) is 8.81. The summed E-state index contributed by atoms with van der Waals surface area (Å²) in [6.07, 6.45) is 5.18. The van der Waals surface area contributed by atoms with Gasteiger partial charge in [0.2, 0.25) is 0 Å². The van der Waals surface area contributed by atoms with Gasteiger partial charge in [-0.15, -0.1) is 6.42 Å². The lowest BCUT2D eigenvalue weighted by molar-refractivity contribution is -0.137. The van der Waals surface area contributed by atoms with E-state index in [1.807, 2.05) is 14.1 Å². The number of hydrogen-bond acceptors (Lipinski definition) is 3. The average Bonchev–Trinajstić information content (AvgIpc) is 2.69. The normalized spacial score (nSPS) is 22.4. The molecule has 19 heavy (non-hydrogen) atoms. The van der Waals surface area contributed by atoms with E-state index in [4.69, 9.17) is 11.5 Å². The molecule has 1 fully saturated rings. The van der Waals surface area contributed by atoms with E-state index in [-0.39, 0.29) is 19.1 Å². The molecule has 0 bridgehead atoms. The molecule has 1 heterocycles. The molecule has 0 aromatic heterocycles. The van der Waals surface area contributed by atoms with Crippen molar-refractivity contribution in [3.63, 3.8) is 0 Å². The molecule has 2 unspecified atom stereocenters. The molecule has 6 nitrogen and oxygen atoms in total. The Morgan fingerprint density at radius 1 is 1.42 bits per heavy atom. The van der Waals surface area contributed by atoms with Crippen molar-refractivity contribution in [3.05, 3.63) is 0 Å². The van der Waals surface area contributed by atoms with Gasteiger partial charge in [0.25, 0.3) is 0 Å². The van der Waals surface area contributed by atoms with E-state index in [9.17, 15) is 9.59 Å².